The van der Waals surface area contributed by atoms with E-state index in [1.807, 2.05) is 0 Å². The molecule has 0 N–H and O–H groups in total. The molecule has 96 valence electrons. The van der Waals surface area contributed by atoms with E-state index in [0.29, 0.717) is 0 Å². The summed E-state index contributed by atoms with van der Waals surface area (Å²) in [5.74, 6) is 0.959. The Kier molecular flexibility index (Phi) is 3.61. The Labute approximate surface area is 106 Å². The number of benzene rings is 1. The molecular weight excluding hydrogens is 208 g/mol. The fraction of sp³-hybridized carbons (Fsp3) is 0.625. The van der Waals surface area contributed by atoms with Crippen LogP contribution in [0.3, 0.4) is 0 Å². The fourth-order valence-corrected chi connectivity index (χ4v) is 2.46. The molecule has 0 amide bonds. The highest BCUT2D eigenvalue weighted by Gasteiger charge is 2.27. The second-order valence-electron chi connectivity index (χ2n) is 6.87. The van der Waals surface area contributed by atoms with E-state index in [9.17, 15) is 0 Å². The maximum Gasteiger partial charge on any atom is 0.119 e. The van der Waals surface area contributed by atoms with Gasteiger partial charge in [0, 0.05) is 0 Å². The summed E-state index contributed by atoms with van der Waals surface area (Å²) in [7, 11) is 1.73. The molecule has 17 heavy (non-hydrogen) atoms. The van der Waals surface area contributed by atoms with E-state index in [-0.39, 0.29) is 10.8 Å². The van der Waals surface area contributed by atoms with Crippen molar-refractivity contribution in [1.29, 1.82) is 0 Å². The summed E-state index contributed by atoms with van der Waals surface area (Å²) in [5.41, 5.74) is 4.47. The average Bonchev–Trinajstić information content (AvgIpc) is 2.12. The fourth-order valence-electron chi connectivity index (χ4n) is 2.46. The van der Waals surface area contributed by atoms with Crippen LogP contribution < -0.4 is 4.74 Å². The quantitative estimate of drug-likeness (QED) is 0.690. The molecule has 0 radical (unpaired) electrons. The Balaban J connectivity index is 3.58. The molecule has 0 unspecified atom stereocenters. The van der Waals surface area contributed by atoms with Gasteiger partial charge < -0.3 is 4.74 Å². The van der Waals surface area contributed by atoms with Gasteiger partial charge in [0.15, 0.2) is 0 Å². The zero-order valence-corrected chi connectivity index (χ0v) is 12.6. The molecule has 1 heteroatoms. The van der Waals surface area contributed by atoms with Crippen molar-refractivity contribution in [2.24, 2.45) is 0 Å². The highest BCUT2D eigenvalue weighted by Crippen LogP contribution is 2.38. The van der Waals surface area contributed by atoms with Gasteiger partial charge in [-0.2, -0.15) is 0 Å². The molecule has 1 aromatic carbocycles. The van der Waals surface area contributed by atoms with Crippen molar-refractivity contribution in [3.05, 3.63) is 28.8 Å². The second kappa shape index (κ2) is 4.36. The lowest BCUT2D eigenvalue weighted by Crippen LogP contribution is -2.23. The smallest absolute Gasteiger partial charge is 0.119 e. The van der Waals surface area contributed by atoms with E-state index in [1.165, 1.54) is 16.7 Å². The molecule has 1 nitrogen and oxygen atoms in total. The number of hydrogen-bond donors (Lipinski definition) is 0. The minimum absolute atomic E-state index is 0.141. The Morgan fingerprint density at radius 2 is 1.41 bits per heavy atom. The van der Waals surface area contributed by atoms with Crippen molar-refractivity contribution >= 4 is 0 Å². The van der Waals surface area contributed by atoms with Gasteiger partial charge in [-0.25, -0.2) is 0 Å². The first-order valence-electron chi connectivity index (χ1n) is 6.27. The van der Waals surface area contributed by atoms with E-state index >= 15 is 0 Å². The molecule has 0 aliphatic rings. The van der Waals surface area contributed by atoms with Crippen molar-refractivity contribution in [3.8, 4) is 5.75 Å². The summed E-state index contributed by atoms with van der Waals surface area (Å²) in [5, 5.41) is 0. The zero-order chi connectivity index (χ0) is 13.4. The van der Waals surface area contributed by atoms with Crippen molar-refractivity contribution in [1.82, 2.24) is 0 Å². The highest BCUT2D eigenvalue weighted by atomic mass is 16.5. The monoisotopic (exact) mass is 234 g/mol. The van der Waals surface area contributed by atoms with E-state index in [2.05, 4.69) is 60.6 Å². The van der Waals surface area contributed by atoms with Crippen LogP contribution in [-0.2, 0) is 10.8 Å². The first-order chi connectivity index (χ1) is 7.57. The van der Waals surface area contributed by atoms with Crippen LogP contribution in [-0.4, -0.2) is 7.11 Å². The van der Waals surface area contributed by atoms with Crippen LogP contribution in [0.5, 0.6) is 5.75 Å². The molecule has 0 aliphatic heterocycles. The Hall–Kier alpha value is -0.980. The molecule has 0 saturated heterocycles. The van der Waals surface area contributed by atoms with E-state index in [0.717, 1.165) is 5.75 Å². The maximum absolute atomic E-state index is 5.40. The van der Waals surface area contributed by atoms with Crippen LogP contribution in [0.4, 0.5) is 0 Å². The van der Waals surface area contributed by atoms with E-state index in [1.54, 1.807) is 7.11 Å². The van der Waals surface area contributed by atoms with Crippen molar-refractivity contribution in [3.63, 3.8) is 0 Å². The van der Waals surface area contributed by atoms with Gasteiger partial charge in [0.25, 0.3) is 0 Å². The van der Waals surface area contributed by atoms with Crippen LogP contribution >= 0.6 is 0 Å². The zero-order valence-electron chi connectivity index (χ0n) is 12.6. The van der Waals surface area contributed by atoms with Crippen molar-refractivity contribution in [2.75, 3.05) is 7.11 Å². The van der Waals surface area contributed by atoms with Crippen LogP contribution in [0.2, 0.25) is 0 Å². The summed E-state index contributed by atoms with van der Waals surface area (Å²) in [6.07, 6.45) is 0. The standard InChI is InChI=1S/C16H26O/c1-11-9-12(17-8)10-13(15(2,3)4)14(11)16(5,6)7/h9-10H,1-8H3. The molecule has 0 atom stereocenters. The SMILES string of the molecule is COc1cc(C)c(C(C)(C)C)c(C(C)(C)C)c1. The maximum atomic E-state index is 5.40. The largest absolute Gasteiger partial charge is 0.497 e. The lowest BCUT2D eigenvalue weighted by atomic mass is 9.73. The number of rotatable bonds is 1. The third-order valence-corrected chi connectivity index (χ3v) is 3.10. The molecule has 1 rings (SSSR count). The molecule has 1 aromatic rings. The summed E-state index contributed by atoms with van der Waals surface area (Å²) < 4.78 is 5.40. The van der Waals surface area contributed by atoms with Crippen molar-refractivity contribution < 1.29 is 4.74 Å². The summed E-state index contributed by atoms with van der Waals surface area (Å²) >= 11 is 0. The molecular formula is C16H26O. The number of ether oxygens (including phenoxy) is 1. The summed E-state index contributed by atoms with van der Waals surface area (Å²) in [4.78, 5) is 0. The third-order valence-electron chi connectivity index (χ3n) is 3.10. The molecule has 0 spiro atoms. The molecule has 0 aromatic heterocycles. The van der Waals surface area contributed by atoms with E-state index in [4.69, 9.17) is 4.74 Å². The minimum atomic E-state index is 0.141. The minimum Gasteiger partial charge on any atom is -0.497 e. The normalized spacial score (nSPS) is 12.7. The van der Waals surface area contributed by atoms with Crippen LogP contribution in [0.25, 0.3) is 0 Å². The first kappa shape index (κ1) is 14.1. The third kappa shape index (κ3) is 3.02. The van der Waals surface area contributed by atoms with E-state index < -0.39 is 0 Å². The predicted octanol–water partition coefficient (Wildman–Crippen LogP) is 4.60. The summed E-state index contributed by atoms with van der Waals surface area (Å²) in [6, 6.07) is 4.32. The number of hydrogen-bond acceptors (Lipinski definition) is 1. The Morgan fingerprint density at radius 3 is 1.76 bits per heavy atom. The lowest BCUT2D eigenvalue weighted by Gasteiger charge is -2.32. The Bertz CT molecular complexity index is 403. The molecule has 0 bridgehead atoms. The number of aryl methyl sites for hydroxylation is 1. The van der Waals surface area contributed by atoms with Gasteiger partial charge in [-0.3, -0.25) is 0 Å². The van der Waals surface area contributed by atoms with Crippen LogP contribution in [0, 0.1) is 6.92 Å². The predicted molar refractivity (Wildman–Crippen MR) is 75.1 cm³/mol. The van der Waals surface area contributed by atoms with Crippen LogP contribution in [0.1, 0.15) is 58.2 Å². The van der Waals surface area contributed by atoms with Gasteiger partial charge in [-0.05, 0) is 46.6 Å². The highest BCUT2D eigenvalue weighted by molar-refractivity contribution is 5.48. The van der Waals surface area contributed by atoms with Gasteiger partial charge in [-0.15, -0.1) is 0 Å². The summed E-state index contributed by atoms with van der Waals surface area (Å²) in [6.45, 7) is 15.8. The Morgan fingerprint density at radius 1 is 0.882 bits per heavy atom. The van der Waals surface area contributed by atoms with Gasteiger partial charge >= 0.3 is 0 Å². The average molecular weight is 234 g/mol. The van der Waals surface area contributed by atoms with Gasteiger partial charge in [0.1, 0.15) is 5.75 Å². The molecule has 0 aliphatic carbocycles. The van der Waals surface area contributed by atoms with Gasteiger partial charge in [-0.1, -0.05) is 41.5 Å². The first-order valence-corrected chi connectivity index (χ1v) is 6.27. The lowest BCUT2D eigenvalue weighted by molar-refractivity contribution is 0.410. The topological polar surface area (TPSA) is 9.23 Å². The number of methoxy groups -OCH3 is 1. The van der Waals surface area contributed by atoms with Crippen molar-refractivity contribution in [2.45, 2.75) is 59.3 Å². The molecule has 0 fully saturated rings. The molecule has 0 heterocycles. The van der Waals surface area contributed by atoms with Gasteiger partial charge in [0.2, 0.25) is 0 Å². The molecule has 0 saturated carbocycles. The second-order valence-corrected chi connectivity index (χ2v) is 6.87. The van der Waals surface area contributed by atoms with Crippen LogP contribution in [0.15, 0.2) is 12.1 Å². The van der Waals surface area contributed by atoms with Gasteiger partial charge in [0.05, 0.1) is 7.11 Å².